The third kappa shape index (κ3) is 4.33. The molecule has 2 N–H and O–H groups in total. The second kappa shape index (κ2) is 7.11. The minimum Gasteiger partial charge on any atom is -0.338 e. The Morgan fingerprint density at radius 3 is 1.86 bits per heavy atom. The molecule has 0 aromatic carbocycles. The summed E-state index contributed by atoms with van der Waals surface area (Å²) in [7, 11) is 0. The summed E-state index contributed by atoms with van der Waals surface area (Å²) in [6, 6.07) is -0.435. The van der Waals surface area contributed by atoms with Crippen molar-refractivity contribution < 1.29 is 9.59 Å². The van der Waals surface area contributed by atoms with E-state index in [-0.39, 0.29) is 17.4 Å². The highest BCUT2D eigenvalue weighted by Crippen LogP contribution is 2.19. The fourth-order valence-electron chi connectivity index (χ4n) is 2.38. The van der Waals surface area contributed by atoms with Gasteiger partial charge in [-0.1, -0.05) is 20.8 Å². The average Bonchev–Trinajstić information content (AvgIpc) is 2.46. The number of nitrogens with zero attached hydrogens (tertiary/aromatic N) is 3. The number of urea groups is 1. The van der Waals surface area contributed by atoms with Crippen LogP contribution in [-0.2, 0) is 4.79 Å². The first-order chi connectivity index (χ1) is 9.72. The van der Waals surface area contributed by atoms with Gasteiger partial charge < -0.3 is 20.4 Å². The van der Waals surface area contributed by atoms with Crippen molar-refractivity contribution in [2.24, 2.45) is 11.1 Å². The fraction of sp³-hybridized carbons (Fsp3) is 0.867. The Hall–Kier alpha value is -1.30. The second-order valence-corrected chi connectivity index (χ2v) is 6.61. The molecule has 0 aromatic heterocycles. The van der Waals surface area contributed by atoms with E-state index in [0.29, 0.717) is 39.3 Å². The van der Waals surface area contributed by atoms with E-state index in [1.54, 1.807) is 9.80 Å². The van der Waals surface area contributed by atoms with E-state index >= 15 is 0 Å². The molecule has 0 saturated carbocycles. The van der Waals surface area contributed by atoms with Crippen LogP contribution in [-0.4, -0.2) is 71.9 Å². The summed E-state index contributed by atoms with van der Waals surface area (Å²) in [6.45, 7) is 13.6. The zero-order valence-corrected chi connectivity index (χ0v) is 14.1. The van der Waals surface area contributed by atoms with Crippen LogP contribution in [0.2, 0.25) is 0 Å². The van der Waals surface area contributed by atoms with Gasteiger partial charge in [0.2, 0.25) is 5.91 Å². The number of piperazine rings is 1. The first-order valence-corrected chi connectivity index (χ1v) is 7.80. The topological polar surface area (TPSA) is 69.9 Å². The van der Waals surface area contributed by atoms with Crippen LogP contribution in [0.3, 0.4) is 0 Å². The Labute approximate surface area is 128 Å². The summed E-state index contributed by atoms with van der Waals surface area (Å²) < 4.78 is 0. The lowest BCUT2D eigenvalue weighted by atomic mass is 9.86. The molecule has 0 bridgehead atoms. The second-order valence-electron chi connectivity index (χ2n) is 6.61. The number of hydrogen-bond acceptors (Lipinski definition) is 3. The molecule has 1 aliphatic rings. The van der Waals surface area contributed by atoms with Crippen LogP contribution >= 0.6 is 0 Å². The monoisotopic (exact) mass is 298 g/mol. The lowest BCUT2D eigenvalue weighted by molar-refractivity contribution is -0.136. The van der Waals surface area contributed by atoms with Gasteiger partial charge in [0, 0.05) is 39.3 Å². The normalized spacial score (nSPS) is 17.6. The van der Waals surface area contributed by atoms with Crippen LogP contribution in [0.5, 0.6) is 0 Å². The van der Waals surface area contributed by atoms with Gasteiger partial charge in [-0.2, -0.15) is 0 Å². The van der Waals surface area contributed by atoms with Crippen LogP contribution < -0.4 is 5.73 Å². The summed E-state index contributed by atoms with van der Waals surface area (Å²) in [6.07, 6.45) is 0. The van der Waals surface area contributed by atoms with Crippen LogP contribution in [0.1, 0.15) is 34.6 Å². The number of carbonyl (C=O) groups is 2. The molecule has 0 radical (unpaired) electrons. The molecule has 1 fully saturated rings. The summed E-state index contributed by atoms with van der Waals surface area (Å²) in [5.74, 6) is -0.0163. The lowest BCUT2D eigenvalue weighted by Crippen LogP contribution is -2.58. The van der Waals surface area contributed by atoms with Crippen LogP contribution in [0.15, 0.2) is 0 Å². The van der Waals surface area contributed by atoms with Gasteiger partial charge in [-0.25, -0.2) is 4.79 Å². The van der Waals surface area contributed by atoms with Gasteiger partial charge >= 0.3 is 6.03 Å². The molecule has 0 spiro atoms. The average molecular weight is 298 g/mol. The SMILES string of the molecule is CCN(CC)C(=O)N1CCN(C(=O)[C@H](N)C(C)(C)C)CC1. The van der Waals surface area contributed by atoms with Crippen LogP contribution in [0.25, 0.3) is 0 Å². The van der Waals surface area contributed by atoms with Crippen LogP contribution in [0.4, 0.5) is 4.79 Å². The van der Waals surface area contributed by atoms with Gasteiger partial charge in [-0.15, -0.1) is 0 Å². The van der Waals surface area contributed by atoms with Gasteiger partial charge in [-0.05, 0) is 19.3 Å². The van der Waals surface area contributed by atoms with Gasteiger partial charge in [0.25, 0.3) is 0 Å². The summed E-state index contributed by atoms with van der Waals surface area (Å²) in [5, 5.41) is 0. The maximum Gasteiger partial charge on any atom is 0.320 e. The first kappa shape index (κ1) is 17.8. The minimum atomic E-state index is -0.498. The smallest absolute Gasteiger partial charge is 0.320 e. The van der Waals surface area contributed by atoms with E-state index in [0.717, 1.165) is 0 Å². The molecule has 1 aliphatic heterocycles. The molecule has 6 heteroatoms. The predicted molar refractivity (Wildman–Crippen MR) is 83.9 cm³/mol. The van der Waals surface area contributed by atoms with Crippen molar-refractivity contribution in [3.05, 3.63) is 0 Å². The lowest BCUT2D eigenvalue weighted by Gasteiger charge is -2.39. The largest absolute Gasteiger partial charge is 0.338 e. The van der Waals surface area contributed by atoms with E-state index in [4.69, 9.17) is 5.73 Å². The van der Waals surface area contributed by atoms with Crippen molar-refractivity contribution in [3.8, 4) is 0 Å². The van der Waals surface area contributed by atoms with E-state index in [9.17, 15) is 9.59 Å². The van der Waals surface area contributed by atoms with E-state index in [1.165, 1.54) is 0 Å². The summed E-state index contributed by atoms with van der Waals surface area (Å²) in [4.78, 5) is 30.0. The standard InChI is InChI=1S/C15H30N4O2/c1-6-17(7-2)14(21)19-10-8-18(9-11-19)13(20)12(16)15(3,4)5/h12H,6-11,16H2,1-5H3/t12-/m0/s1. The first-order valence-electron chi connectivity index (χ1n) is 7.80. The summed E-state index contributed by atoms with van der Waals surface area (Å²) in [5.41, 5.74) is 5.79. The number of nitrogens with two attached hydrogens (primary N) is 1. The molecule has 6 nitrogen and oxygen atoms in total. The highest BCUT2D eigenvalue weighted by molar-refractivity contribution is 5.83. The molecular weight excluding hydrogens is 268 g/mol. The third-order valence-corrected chi connectivity index (χ3v) is 4.09. The van der Waals surface area contributed by atoms with Crippen molar-refractivity contribution >= 4 is 11.9 Å². The third-order valence-electron chi connectivity index (χ3n) is 4.09. The van der Waals surface area contributed by atoms with Gasteiger partial charge in [0.15, 0.2) is 0 Å². The zero-order valence-electron chi connectivity index (χ0n) is 14.1. The number of hydrogen-bond donors (Lipinski definition) is 1. The Morgan fingerprint density at radius 2 is 1.48 bits per heavy atom. The molecule has 3 amide bonds. The van der Waals surface area contributed by atoms with Crippen molar-refractivity contribution in [1.29, 1.82) is 0 Å². The van der Waals surface area contributed by atoms with Crippen LogP contribution in [0, 0.1) is 5.41 Å². The Morgan fingerprint density at radius 1 is 1.05 bits per heavy atom. The quantitative estimate of drug-likeness (QED) is 0.844. The molecular formula is C15H30N4O2. The number of amides is 3. The van der Waals surface area contributed by atoms with Crippen molar-refractivity contribution in [2.45, 2.75) is 40.7 Å². The highest BCUT2D eigenvalue weighted by Gasteiger charge is 2.33. The Kier molecular flexibility index (Phi) is 6.01. The zero-order chi connectivity index (χ0) is 16.2. The molecule has 1 rings (SSSR count). The highest BCUT2D eigenvalue weighted by atomic mass is 16.2. The van der Waals surface area contributed by atoms with Gasteiger partial charge in [0.05, 0.1) is 6.04 Å². The minimum absolute atomic E-state index is 0.0163. The van der Waals surface area contributed by atoms with E-state index in [2.05, 4.69) is 0 Å². The molecule has 1 atom stereocenters. The molecule has 0 unspecified atom stereocenters. The summed E-state index contributed by atoms with van der Waals surface area (Å²) >= 11 is 0. The maximum atomic E-state index is 12.4. The Balaban J connectivity index is 2.56. The molecule has 0 aromatic rings. The fourth-order valence-corrected chi connectivity index (χ4v) is 2.38. The number of carbonyl (C=O) groups excluding carboxylic acids is 2. The van der Waals surface area contributed by atoms with Gasteiger partial charge in [0.1, 0.15) is 0 Å². The van der Waals surface area contributed by atoms with Crippen molar-refractivity contribution in [3.63, 3.8) is 0 Å². The molecule has 1 saturated heterocycles. The molecule has 122 valence electrons. The maximum absolute atomic E-state index is 12.4. The molecule has 0 aliphatic carbocycles. The molecule has 21 heavy (non-hydrogen) atoms. The van der Waals surface area contributed by atoms with Gasteiger partial charge in [-0.3, -0.25) is 4.79 Å². The van der Waals surface area contributed by atoms with Crippen molar-refractivity contribution in [1.82, 2.24) is 14.7 Å². The Bertz CT molecular complexity index is 366. The van der Waals surface area contributed by atoms with Crippen molar-refractivity contribution in [2.75, 3.05) is 39.3 Å². The molecule has 1 heterocycles. The number of rotatable bonds is 3. The van der Waals surface area contributed by atoms with E-state index < -0.39 is 6.04 Å². The predicted octanol–water partition coefficient (Wildman–Crippen LogP) is 0.966. The van der Waals surface area contributed by atoms with E-state index in [1.807, 2.05) is 39.5 Å².